The highest BCUT2D eigenvalue weighted by molar-refractivity contribution is 6.06. The Bertz CT molecular complexity index is 929. The molecule has 1 aliphatic heterocycles. The summed E-state index contributed by atoms with van der Waals surface area (Å²) in [6.45, 7) is 3.70. The Hall–Kier alpha value is -3.12. The minimum Gasteiger partial charge on any atom is -0.490 e. The van der Waals surface area contributed by atoms with E-state index in [9.17, 15) is 4.79 Å². The number of aryl methyl sites for hydroxylation is 1. The number of oxazole rings is 1. The Labute approximate surface area is 163 Å². The first-order valence-electron chi connectivity index (χ1n) is 9.51. The van der Waals surface area contributed by atoms with Gasteiger partial charge in [-0.1, -0.05) is 30.3 Å². The molecule has 2 heterocycles. The van der Waals surface area contributed by atoms with Gasteiger partial charge >= 0.3 is 0 Å². The number of piperidine rings is 1. The Morgan fingerprint density at radius 2 is 1.82 bits per heavy atom. The molecule has 2 N–H and O–H groups in total. The van der Waals surface area contributed by atoms with Gasteiger partial charge in [-0.3, -0.25) is 4.79 Å². The molecule has 0 radical (unpaired) electrons. The number of anilines is 1. The van der Waals surface area contributed by atoms with Crippen LogP contribution in [0.5, 0.6) is 5.75 Å². The van der Waals surface area contributed by atoms with Crippen LogP contribution in [-0.2, 0) is 0 Å². The normalized spacial score (nSPS) is 14.6. The third-order valence-electron chi connectivity index (χ3n) is 4.69. The SMILES string of the molecule is Cc1nc(C(=O)Nc2ccc(OC3CCNCC3)cc2)c(-c2ccccc2)o1. The maximum absolute atomic E-state index is 12.8. The molecule has 6 heteroatoms. The van der Waals surface area contributed by atoms with Gasteiger partial charge in [-0.05, 0) is 50.2 Å². The number of amides is 1. The van der Waals surface area contributed by atoms with Crippen molar-refractivity contribution in [1.82, 2.24) is 10.3 Å². The van der Waals surface area contributed by atoms with Gasteiger partial charge in [0, 0.05) is 18.2 Å². The van der Waals surface area contributed by atoms with Crippen LogP contribution in [-0.4, -0.2) is 30.1 Å². The number of nitrogens with one attached hydrogen (secondary N) is 2. The van der Waals surface area contributed by atoms with Crippen LogP contribution in [0, 0.1) is 6.92 Å². The average molecular weight is 377 g/mol. The Balaban J connectivity index is 1.45. The van der Waals surface area contributed by atoms with Crippen LogP contribution in [0.4, 0.5) is 5.69 Å². The minimum absolute atomic E-state index is 0.244. The van der Waals surface area contributed by atoms with E-state index in [2.05, 4.69) is 15.6 Å². The molecule has 0 spiro atoms. The summed E-state index contributed by atoms with van der Waals surface area (Å²) in [5, 5.41) is 6.21. The standard InChI is InChI=1S/C22H23N3O3/c1-15-24-20(21(27-15)16-5-3-2-4-6-16)22(26)25-17-7-9-18(10-8-17)28-19-11-13-23-14-12-19/h2-10,19,23H,11-14H2,1H3,(H,25,26). The van der Waals surface area contributed by atoms with E-state index in [-0.39, 0.29) is 17.7 Å². The number of carbonyl (C=O) groups is 1. The zero-order valence-corrected chi connectivity index (χ0v) is 15.8. The second kappa shape index (κ2) is 8.27. The second-order valence-corrected chi connectivity index (χ2v) is 6.82. The number of nitrogens with zero attached hydrogens (tertiary/aromatic N) is 1. The largest absolute Gasteiger partial charge is 0.490 e. The van der Waals surface area contributed by atoms with Gasteiger partial charge < -0.3 is 19.8 Å². The van der Waals surface area contributed by atoms with Crippen molar-refractivity contribution in [2.24, 2.45) is 0 Å². The maximum Gasteiger partial charge on any atom is 0.278 e. The molecule has 0 unspecified atom stereocenters. The number of hydrogen-bond donors (Lipinski definition) is 2. The Kier molecular flexibility index (Phi) is 5.39. The molecule has 2 aromatic carbocycles. The number of hydrogen-bond acceptors (Lipinski definition) is 5. The molecule has 0 saturated carbocycles. The van der Waals surface area contributed by atoms with E-state index in [0.29, 0.717) is 17.3 Å². The number of rotatable bonds is 5. The highest BCUT2D eigenvalue weighted by Crippen LogP contribution is 2.26. The van der Waals surface area contributed by atoms with Gasteiger partial charge in [-0.15, -0.1) is 0 Å². The predicted octanol–water partition coefficient (Wildman–Crippen LogP) is 4.03. The van der Waals surface area contributed by atoms with E-state index in [1.54, 1.807) is 6.92 Å². The molecule has 0 atom stereocenters. The zero-order valence-electron chi connectivity index (χ0n) is 15.8. The molecule has 3 aromatic rings. The summed E-state index contributed by atoms with van der Waals surface area (Å²) in [4.78, 5) is 17.0. The molecule has 1 fully saturated rings. The molecule has 28 heavy (non-hydrogen) atoms. The highest BCUT2D eigenvalue weighted by atomic mass is 16.5. The van der Waals surface area contributed by atoms with Crippen molar-refractivity contribution in [1.29, 1.82) is 0 Å². The quantitative estimate of drug-likeness (QED) is 0.702. The van der Waals surface area contributed by atoms with Crippen LogP contribution in [0.3, 0.4) is 0 Å². The Morgan fingerprint density at radius 3 is 2.54 bits per heavy atom. The van der Waals surface area contributed by atoms with E-state index in [1.807, 2.05) is 54.6 Å². The van der Waals surface area contributed by atoms with E-state index in [1.165, 1.54) is 0 Å². The van der Waals surface area contributed by atoms with Crippen molar-refractivity contribution in [3.8, 4) is 17.1 Å². The van der Waals surface area contributed by atoms with E-state index >= 15 is 0 Å². The molecular weight excluding hydrogens is 354 g/mol. The number of aromatic nitrogens is 1. The van der Waals surface area contributed by atoms with Gasteiger partial charge in [0.2, 0.25) is 0 Å². The molecule has 6 nitrogen and oxygen atoms in total. The first kappa shape index (κ1) is 18.3. The predicted molar refractivity (Wildman–Crippen MR) is 108 cm³/mol. The molecule has 1 amide bonds. The van der Waals surface area contributed by atoms with Gasteiger partial charge in [-0.25, -0.2) is 4.98 Å². The fourth-order valence-corrected chi connectivity index (χ4v) is 3.28. The molecule has 144 valence electrons. The zero-order chi connectivity index (χ0) is 19.3. The first-order valence-corrected chi connectivity index (χ1v) is 9.51. The van der Waals surface area contributed by atoms with Gasteiger partial charge in [0.25, 0.3) is 5.91 Å². The molecule has 1 aromatic heterocycles. The van der Waals surface area contributed by atoms with Crippen LogP contribution in [0.25, 0.3) is 11.3 Å². The van der Waals surface area contributed by atoms with Crippen LogP contribution >= 0.6 is 0 Å². The van der Waals surface area contributed by atoms with Crippen molar-refractivity contribution >= 4 is 11.6 Å². The van der Waals surface area contributed by atoms with E-state index < -0.39 is 0 Å². The lowest BCUT2D eigenvalue weighted by atomic mass is 10.1. The number of carbonyl (C=O) groups excluding carboxylic acids is 1. The van der Waals surface area contributed by atoms with Gasteiger partial charge in [0.15, 0.2) is 17.3 Å². The molecular formula is C22H23N3O3. The van der Waals surface area contributed by atoms with Crippen LogP contribution in [0.2, 0.25) is 0 Å². The number of ether oxygens (including phenoxy) is 1. The van der Waals surface area contributed by atoms with Crippen molar-refractivity contribution in [2.45, 2.75) is 25.9 Å². The van der Waals surface area contributed by atoms with Crippen molar-refractivity contribution in [2.75, 3.05) is 18.4 Å². The summed E-state index contributed by atoms with van der Waals surface area (Å²) in [5.41, 5.74) is 1.78. The van der Waals surface area contributed by atoms with Crippen molar-refractivity contribution in [3.63, 3.8) is 0 Å². The summed E-state index contributed by atoms with van der Waals surface area (Å²) in [6, 6.07) is 16.9. The van der Waals surface area contributed by atoms with Gasteiger partial charge in [0.1, 0.15) is 11.9 Å². The molecule has 0 bridgehead atoms. The summed E-state index contributed by atoms with van der Waals surface area (Å²) in [5.74, 6) is 1.44. The highest BCUT2D eigenvalue weighted by Gasteiger charge is 2.20. The fraction of sp³-hybridized carbons (Fsp3) is 0.273. The summed E-state index contributed by atoms with van der Waals surface area (Å²) < 4.78 is 11.7. The molecule has 4 rings (SSSR count). The lowest BCUT2D eigenvalue weighted by Crippen LogP contribution is -2.34. The lowest BCUT2D eigenvalue weighted by Gasteiger charge is -2.23. The monoisotopic (exact) mass is 377 g/mol. The van der Waals surface area contributed by atoms with E-state index in [4.69, 9.17) is 9.15 Å². The third kappa shape index (κ3) is 4.23. The molecule has 1 saturated heterocycles. The molecule has 1 aliphatic rings. The van der Waals surface area contributed by atoms with E-state index in [0.717, 1.165) is 37.2 Å². The fourth-order valence-electron chi connectivity index (χ4n) is 3.28. The first-order chi connectivity index (χ1) is 13.7. The van der Waals surface area contributed by atoms with Crippen LogP contribution in [0.1, 0.15) is 29.2 Å². The summed E-state index contributed by atoms with van der Waals surface area (Å²) in [6.07, 6.45) is 2.26. The molecule has 0 aliphatic carbocycles. The lowest BCUT2D eigenvalue weighted by molar-refractivity contribution is 0.102. The second-order valence-electron chi connectivity index (χ2n) is 6.82. The van der Waals surface area contributed by atoms with Gasteiger partial charge in [0.05, 0.1) is 0 Å². The number of benzene rings is 2. The van der Waals surface area contributed by atoms with Crippen molar-refractivity contribution < 1.29 is 13.9 Å². The summed E-state index contributed by atoms with van der Waals surface area (Å²) in [7, 11) is 0. The third-order valence-corrected chi connectivity index (χ3v) is 4.69. The average Bonchev–Trinajstić information content (AvgIpc) is 3.13. The smallest absolute Gasteiger partial charge is 0.278 e. The minimum atomic E-state index is -0.303. The maximum atomic E-state index is 12.8. The van der Waals surface area contributed by atoms with Crippen LogP contribution < -0.4 is 15.4 Å². The van der Waals surface area contributed by atoms with Gasteiger partial charge in [-0.2, -0.15) is 0 Å². The summed E-state index contributed by atoms with van der Waals surface area (Å²) >= 11 is 0. The van der Waals surface area contributed by atoms with Crippen LogP contribution in [0.15, 0.2) is 59.0 Å². The Morgan fingerprint density at radius 1 is 1.11 bits per heavy atom. The van der Waals surface area contributed by atoms with Crippen molar-refractivity contribution in [3.05, 3.63) is 66.2 Å². The topological polar surface area (TPSA) is 76.4 Å².